The van der Waals surface area contributed by atoms with E-state index in [0.717, 1.165) is 6.07 Å². The molecule has 0 aliphatic heterocycles. The Morgan fingerprint density at radius 3 is 2.50 bits per heavy atom. The SMILES string of the molecule is Nc1cnc(Oc2ccc(F)c(C(F)(F)F)c2)c(Cl)c1. The molecule has 0 aliphatic rings. The number of hydrogen-bond donors (Lipinski definition) is 1. The van der Waals surface area contributed by atoms with Crippen LogP contribution in [0.2, 0.25) is 5.02 Å². The van der Waals surface area contributed by atoms with Crippen molar-refractivity contribution in [2.24, 2.45) is 0 Å². The third-order valence-corrected chi connectivity index (χ3v) is 2.56. The Kier molecular flexibility index (Phi) is 3.71. The molecule has 8 heteroatoms. The summed E-state index contributed by atoms with van der Waals surface area (Å²) in [5.41, 5.74) is 4.27. The molecule has 0 radical (unpaired) electrons. The van der Waals surface area contributed by atoms with Crippen LogP contribution in [-0.4, -0.2) is 4.98 Å². The topological polar surface area (TPSA) is 48.1 Å². The van der Waals surface area contributed by atoms with Crippen molar-refractivity contribution in [3.63, 3.8) is 0 Å². The van der Waals surface area contributed by atoms with E-state index >= 15 is 0 Å². The van der Waals surface area contributed by atoms with E-state index < -0.39 is 17.6 Å². The van der Waals surface area contributed by atoms with Crippen molar-refractivity contribution in [2.45, 2.75) is 6.18 Å². The lowest BCUT2D eigenvalue weighted by Gasteiger charge is -2.11. The highest BCUT2D eigenvalue weighted by Crippen LogP contribution is 2.35. The van der Waals surface area contributed by atoms with Gasteiger partial charge in [0.1, 0.15) is 16.6 Å². The predicted molar refractivity (Wildman–Crippen MR) is 65.1 cm³/mol. The molecule has 0 spiro atoms. The molecule has 106 valence electrons. The summed E-state index contributed by atoms with van der Waals surface area (Å²) in [7, 11) is 0. The maximum Gasteiger partial charge on any atom is 0.419 e. The number of pyridine rings is 1. The number of anilines is 1. The van der Waals surface area contributed by atoms with Gasteiger partial charge >= 0.3 is 6.18 Å². The monoisotopic (exact) mass is 306 g/mol. The first kappa shape index (κ1) is 14.4. The average Bonchev–Trinajstić information content (AvgIpc) is 2.33. The fraction of sp³-hybridized carbons (Fsp3) is 0.0833. The van der Waals surface area contributed by atoms with E-state index in [0.29, 0.717) is 12.1 Å². The molecular formula is C12H7ClF4N2O. The molecule has 0 saturated heterocycles. The summed E-state index contributed by atoms with van der Waals surface area (Å²) >= 11 is 5.78. The van der Waals surface area contributed by atoms with Crippen LogP contribution in [0.15, 0.2) is 30.5 Å². The van der Waals surface area contributed by atoms with Gasteiger partial charge in [-0.05, 0) is 24.3 Å². The molecule has 1 aromatic heterocycles. The second kappa shape index (κ2) is 5.16. The molecule has 1 heterocycles. The van der Waals surface area contributed by atoms with Crippen molar-refractivity contribution in [1.29, 1.82) is 0 Å². The second-order valence-corrected chi connectivity index (χ2v) is 4.20. The first-order valence-corrected chi connectivity index (χ1v) is 5.61. The van der Waals surface area contributed by atoms with Crippen molar-refractivity contribution < 1.29 is 22.3 Å². The summed E-state index contributed by atoms with van der Waals surface area (Å²) in [5, 5.41) is 0.0304. The van der Waals surface area contributed by atoms with Crippen LogP contribution >= 0.6 is 11.6 Å². The van der Waals surface area contributed by atoms with Crippen LogP contribution in [0.4, 0.5) is 23.2 Å². The summed E-state index contributed by atoms with van der Waals surface area (Å²) in [6.45, 7) is 0. The van der Waals surface area contributed by atoms with Gasteiger partial charge in [0.25, 0.3) is 0 Å². The van der Waals surface area contributed by atoms with E-state index in [1.165, 1.54) is 12.3 Å². The molecule has 2 N–H and O–H groups in total. The molecular weight excluding hydrogens is 300 g/mol. The lowest BCUT2D eigenvalue weighted by atomic mass is 10.2. The third kappa shape index (κ3) is 3.11. The highest BCUT2D eigenvalue weighted by atomic mass is 35.5. The van der Waals surface area contributed by atoms with Gasteiger partial charge < -0.3 is 10.5 Å². The van der Waals surface area contributed by atoms with Crippen LogP contribution in [0.1, 0.15) is 5.56 Å². The van der Waals surface area contributed by atoms with E-state index in [2.05, 4.69) is 4.98 Å². The molecule has 0 fully saturated rings. The third-order valence-electron chi connectivity index (χ3n) is 2.29. The molecule has 0 bridgehead atoms. The smallest absolute Gasteiger partial charge is 0.419 e. The van der Waals surface area contributed by atoms with Crippen LogP contribution in [-0.2, 0) is 6.18 Å². The summed E-state index contributed by atoms with van der Waals surface area (Å²) in [6, 6.07) is 3.56. The normalized spacial score (nSPS) is 11.4. The van der Waals surface area contributed by atoms with Gasteiger partial charge in [0.05, 0.1) is 17.4 Å². The minimum absolute atomic E-state index is 0.0304. The highest BCUT2D eigenvalue weighted by Gasteiger charge is 2.34. The zero-order valence-electron chi connectivity index (χ0n) is 9.71. The molecule has 0 atom stereocenters. The number of nitrogens with two attached hydrogens (primary N) is 1. The minimum atomic E-state index is -4.82. The first-order valence-electron chi connectivity index (χ1n) is 5.23. The van der Waals surface area contributed by atoms with Crippen molar-refractivity contribution in [2.75, 3.05) is 5.73 Å². The van der Waals surface area contributed by atoms with Crippen molar-refractivity contribution in [1.82, 2.24) is 4.98 Å². The molecule has 0 unspecified atom stereocenters. The molecule has 3 nitrogen and oxygen atoms in total. The zero-order chi connectivity index (χ0) is 14.9. The van der Waals surface area contributed by atoms with Gasteiger partial charge in [-0.1, -0.05) is 11.6 Å². The van der Waals surface area contributed by atoms with Crippen LogP contribution in [0, 0.1) is 5.82 Å². The quantitative estimate of drug-likeness (QED) is 0.843. The zero-order valence-corrected chi connectivity index (χ0v) is 10.5. The number of benzene rings is 1. The Morgan fingerprint density at radius 2 is 1.90 bits per heavy atom. The Balaban J connectivity index is 2.35. The van der Waals surface area contributed by atoms with Gasteiger partial charge in [-0.15, -0.1) is 0 Å². The summed E-state index contributed by atoms with van der Waals surface area (Å²) < 4.78 is 55.8. The fourth-order valence-electron chi connectivity index (χ4n) is 1.41. The number of nitrogens with zero attached hydrogens (tertiary/aromatic N) is 1. The minimum Gasteiger partial charge on any atom is -0.438 e. The Labute approximate surface area is 115 Å². The lowest BCUT2D eigenvalue weighted by Crippen LogP contribution is -2.08. The molecule has 0 aliphatic carbocycles. The summed E-state index contributed by atoms with van der Waals surface area (Å²) in [6.07, 6.45) is -3.59. The van der Waals surface area contributed by atoms with E-state index in [9.17, 15) is 17.6 Å². The van der Waals surface area contributed by atoms with Crippen molar-refractivity contribution >= 4 is 17.3 Å². The molecule has 0 saturated carbocycles. The number of rotatable bonds is 2. The molecule has 2 rings (SSSR count). The molecule has 20 heavy (non-hydrogen) atoms. The molecule has 1 aromatic carbocycles. The Hall–Kier alpha value is -2.02. The fourth-order valence-corrected chi connectivity index (χ4v) is 1.63. The summed E-state index contributed by atoms with van der Waals surface area (Å²) in [5.74, 6) is -1.75. The van der Waals surface area contributed by atoms with Gasteiger partial charge in [0.2, 0.25) is 5.88 Å². The first-order chi connectivity index (χ1) is 9.27. The largest absolute Gasteiger partial charge is 0.438 e. The van der Waals surface area contributed by atoms with Gasteiger partial charge in [-0.2, -0.15) is 13.2 Å². The maximum atomic E-state index is 13.1. The molecule has 2 aromatic rings. The van der Waals surface area contributed by atoms with E-state index in [1.54, 1.807) is 0 Å². The second-order valence-electron chi connectivity index (χ2n) is 3.80. The van der Waals surface area contributed by atoms with Crippen LogP contribution in [0.3, 0.4) is 0 Å². The van der Waals surface area contributed by atoms with E-state index in [4.69, 9.17) is 22.1 Å². The Morgan fingerprint density at radius 1 is 1.20 bits per heavy atom. The lowest BCUT2D eigenvalue weighted by molar-refractivity contribution is -0.140. The number of halogens is 5. The van der Waals surface area contributed by atoms with Gasteiger partial charge in [-0.25, -0.2) is 9.37 Å². The molecule has 0 amide bonds. The Bertz CT molecular complexity index is 646. The van der Waals surface area contributed by atoms with Crippen LogP contribution in [0.5, 0.6) is 11.6 Å². The number of alkyl halides is 3. The van der Waals surface area contributed by atoms with Crippen LogP contribution < -0.4 is 10.5 Å². The number of hydrogen-bond acceptors (Lipinski definition) is 3. The van der Waals surface area contributed by atoms with Crippen molar-refractivity contribution in [3.8, 4) is 11.6 Å². The van der Waals surface area contributed by atoms with Gasteiger partial charge in [0, 0.05) is 0 Å². The number of ether oxygens (including phenoxy) is 1. The summed E-state index contributed by atoms with van der Waals surface area (Å²) in [4.78, 5) is 3.73. The van der Waals surface area contributed by atoms with Gasteiger partial charge in [0.15, 0.2) is 0 Å². The number of aromatic nitrogens is 1. The van der Waals surface area contributed by atoms with Crippen molar-refractivity contribution in [3.05, 3.63) is 46.9 Å². The maximum absolute atomic E-state index is 13.1. The highest BCUT2D eigenvalue weighted by molar-refractivity contribution is 6.32. The van der Waals surface area contributed by atoms with E-state index in [1.807, 2.05) is 0 Å². The number of nitrogen functional groups attached to an aromatic ring is 1. The average molecular weight is 307 g/mol. The van der Waals surface area contributed by atoms with Crippen LogP contribution in [0.25, 0.3) is 0 Å². The van der Waals surface area contributed by atoms with E-state index in [-0.39, 0.29) is 22.3 Å². The van der Waals surface area contributed by atoms with Gasteiger partial charge in [-0.3, -0.25) is 0 Å². The predicted octanol–water partition coefficient (Wildman–Crippen LogP) is 4.27. The standard InChI is InChI=1S/C12H7ClF4N2O/c13-9-3-6(18)5-19-11(9)20-7-1-2-10(14)8(4-7)12(15,16)17/h1-5H,18H2.